The van der Waals surface area contributed by atoms with E-state index in [1.54, 1.807) is 0 Å². The lowest BCUT2D eigenvalue weighted by Crippen LogP contribution is -2.40. The molecule has 0 spiro atoms. The van der Waals surface area contributed by atoms with Crippen molar-refractivity contribution in [2.24, 2.45) is 5.92 Å². The van der Waals surface area contributed by atoms with Crippen LogP contribution in [0.4, 0.5) is 0 Å². The maximum Gasteiger partial charge on any atom is 0.122 e. The van der Waals surface area contributed by atoms with E-state index in [1.165, 1.54) is 50.9 Å². The van der Waals surface area contributed by atoms with Crippen LogP contribution >= 0.6 is 0 Å². The van der Waals surface area contributed by atoms with Crippen LogP contribution in [-0.4, -0.2) is 43.7 Å². The van der Waals surface area contributed by atoms with Gasteiger partial charge < -0.3 is 15.0 Å². The molecule has 1 aliphatic carbocycles. The molecule has 0 bridgehead atoms. The van der Waals surface area contributed by atoms with Crippen molar-refractivity contribution in [3.05, 3.63) is 29.8 Å². The molecule has 1 saturated heterocycles. The summed E-state index contributed by atoms with van der Waals surface area (Å²) in [5.74, 6) is 2.62. The van der Waals surface area contributed by atoms with Crippen LogP contribution in [0.15, 0.2) is 24.3 Å². The van der Waals surface area contributed by atoms with E-state index in [0.717, 1.165) is 24.8 Å². The Morgan fingerprint density at radius 2 is 2.00 bits per heavy atom. The Balaban J connectivity index is 1.41. The third-order valence-corrected chi connectivity index (χ3v) is 5.13. The van der Waals surface area contributed by atoms with E-state index in [-0.39, 0.29) is 0 Å². The molecule has 0 aromatic heterocycles. The first-order chi connectivity index (χ1) is 10.4. The number of fused-ring (bicyclic) bond motifs is 1. The number of para-hydroxylation sites is 1. The van der Waals surface area contributed by atoms with E-state index < -0.39 is 0 Å². The average Bonchev–Trinajstić information content (AvgIpc) is 3.00. The fourth-order valence-corrected chi connectivity index (χ4v) is 3.81. The van der Waals surface area contributed by atoms with E-state index in [0.29, 0.717) is 12.0 Å². The highest BCUT2D eigenvalue weighted by Crippen LogP contribution is 2.35. The summed E-state index contributed by atoms with van der Waals surface area (Å²) in [5, 5.41) is 3.65. The highest BCUT2D eigenvalue weighted by atomic mass is 16.5. The quantitative estimate of drug-likeness (QED) is 0.870. The number of hydrogen-bond donors (Lipinski definition) is 1. The molecule has 2 atom stereocenters. The third-order valence-electron chi connectivity index (χ3n) is 5.13. The van der Waals surface area contributed by atoms with Crippen molar-refractivity contribution in [3.8, 4) is 5.75 Å². The number of rotatable bonds is 6. The predicted molar refractivity (Wildman–Crippen MR) is 84.9 cm³/mol. The normalized spacial score (nSPS) is 27.9. The Morgan fingerprint density at radius 3 is 2.81 bits per heavy atom. The Kier molecular flexibility index (Phi) is 3.87. The molecule has 1 aromatic carbocycles. The molecule has 2 fully saturated rings. The molecule has 2 unspecified atom stereocenters. The Morgan fingerprint density at radius 1 is 1.10 bits per heavy atom. The van der Waals surface area contributed by atoms with Gasteiger partial charge in [0.05, 0.1) is 6.61 Å². The summed E-state index contributed by atoms with van der Waals surface area (Å²) in [7, 11) is 0. The summed E-state index contributed by atoms with van der Waals surface area (Å²) < 4.78 is 5.86. The van der Waals surface area contributed by atoms with Crippen molar-refractivity contribution in [2.45, 2.75) is 37.6 Å². The third kappa shape index (κ3) is 3.24. The Hall–Kier alpha value is -1.06. The van der Waals surface area contributed by atoms with Crippen molar-refractivity contribution >= 4 is 0 Å². The van der Waals surface area contributed by atoms with Gasteiger partial charge in [-0.05, 0) is 44.2 Å². The molecule has 4 rings (SSSR count). The number of hydrogen-bond acceptors (Lipinski definition) is 3. The molecule has 3 heteroatoms. The second-order valence-corrected chi connectivity index (χ2v) is 7.00. The van der Waals surface area contributed by atoms with Gasteiger partial charge in [0.25, 0.3) is 0 Å². The molecule has 2 aliphatic heterocycles. The number of nitrogens with zero attached hydrogens (tertiary/aromatic N) is 1. The highest BCUT2D eigenvalue weighted by Gasteiger charge is 2.30. The smallest absolute Gasteiger partial charge is 0.122 e. The van der Waals surface area contributed by atoms with Gasteiger partial charge in [-0.25, -0.2) is 0 Å². The maximum atomic E-state index is 5.86. The summed E-state index contributed by atoms with van der Waals surface area (Å²) >= 11 is 0. The summed E-state index contributed by atoms with van der Waals surface area (Å²) in [6.07, 6.45) is 5.56. The second-order valence-electron chi connectivity index (χ2n) is 7.00. The highest BCUT2D eigenvalue weighted by molar-refractivity contribution is 5.39. The lowest BCUT2D eigenvalue weighted by Gasteiger charge is -2.28. The predicted octanol–water partition coefficient (Wildman–Crippen LogP) is 2.63. The zero-order chi connectivity index (χ0) is 14.1. The molecule has 0 amide bonds. The molecule has 0 radical (unpaired) electrons. The molecular weight excluding hydrogens is 260 g/mol. The van der Waals surface area contributed by atoms with Crippen molar-refractivity contribution in [1.29, 1.82) is 0 Å². The molecule has 1 saturated carbocycles. The van der Waals surface area contributed by atoms with Crippen LogP contribution in [0.5, 0.6) is 5.75 Å². The van der Waals surface area contributed by atoms with Gasteiger partial charge in [-0.15, -0.1) is 0 Å². The molecular formula is C18H26N2O. The van der Waals surface area contributed by atoms with E-state index in [1.807, 2.05) is 0 Å². The minimum absolute atomic E-state index is 0.557. The van der Waals surface area contributed by atoms with Gasteiger partial charge in [-0.2, -0.15) is 0 Å². The number of nitrogens with one attached hydrogen (secondary N) is 1. The van der Waals surface area contributed by atoms with Crippen LogP contribution in [0.3, 0.4) is 0 Å². The number of benzene rings is 1. The van der Waals surface area contributed by atoms with E-state index in [4.69, 9.17) is 4.74 Å². The van der Waals surface area contributed by atoms with Gasteiger partial charge >= 0.3 is 0 Å². The second kappa shape index (κ2) is 5.98. The minimum atomic E-state index is 0.557. The van der Waals surface area contributed by atoms with Crippen LogP contribution in [0, 0.1) is 5.92 Å². The van der Waals surface area contributed by atoms with E-state index in [9.17, 15) is 0 Å². The van der Waals surface area contributed by atoms with Crippen molar-refractivity contribution < 1.29 is 4.74 Å². The van der Waals surface area contributed by atoms with Crippen LogP contribution in [0.25, 0.3) is 0 Å². The van der Waals surface area contributed by atoms with Gasteiger partial charge in [-0.3, -0.25) is 0 Å². The maximum absolute atomic E-state index is 5.86. The fraction of sp³-hybridized carbons (Fsp3) is 0.667. The van der Waals surface area contributed by atoms with Crippen LogP contribution < -0.4 is 10.1 Å². The van der Waals surface area contributed by atoms with Gasteiger partial charge in [0.1, 0.15) is 5.75 Å². The van der Waals surface area contributed by atoms with Crippen molar-refractivity contribution in [3.63, 3.8) is 0 Å². The zero-order valence-electron chi connectivity index (χ0n) is 12.8. The topological polar surface area (TPSA) is 24.5 Å². The fourth-order valence-electron chi connectivity index (χ4n) is 3.81. The van der Waals surface area contributed by atoms with Gasteiger partial charge in [-0.1, -0.05) is 18.2 Å². The molecule has 2 heterocycles. The van der Waals surface area contributed by atoms with Crippen LogP contribution in [-0.2, 0) is 0 Å². The molecule has 1 N–H and O–H groups in total. The van der Waals surface area contributed by atoms with Gasteiger partial charge in [0.2, 0.25) is 0 Å². The zero-order valence-corrected chi connectivity index (χ0v) is 12.8. The minimum Gasteiger partial charge on any atom is -0.493 e. The summed E-state index contributed by atoms with van der Waals surface area (Å²) in [6.45, 7) is 5.73. The summed E-state index contributed by atoms with van der Waals surface area (Å²) in [6, 6.07) is 9.28. The molecule has 1 aromatic rings. The van der Waals surface area contributed by atoms with Gasteiger partial charge in [0, 0.05) is 37.2 Å². The molecule has 114 valence electrons. The molecule has 3 nitrogen and oxygen atoms in total. The average molecular weight is 286 g/mol. The Labute approximate surface area is 127 Å². The summed E-state index contributed by atoms with van der Waals surface area (Å²) in [4.78, 5) is 2.71. The van der Waals surface area contributed by atoms with Crippen molar-refractivity contribution in [1.82, 2.24) is 10.2 Å². The monoisotopic (exact) mass is 286 g/mol. The first kappa shape index (κ1) is 13.6. The molecule has 3 aliphatic rings. The van der Waals surface area contributed by atoms with E-state index >= 15 is 0 Å². The SMILES string of the molecule is c1ccc2c(c1)OCC2CN(CC1CC1)CC1CCCN1. The standard InChI is InChI=1S/C18H26N2O/c1-2-6-18-17(5-1)15(13-21-18)11-20(10-14-7-8-14)12-16-4-3-9-19-16/h1-2,5-6,14-16,19H,3-4,7-13H2. The first-order valence-corrected chi connectivity index (χ1v) is 8.56. The first-order valence-electron chi connectivity index (χ1n) is 8.56. The summed E-state index contributed by atoms with van der Waals surface area (Å²) in [5.41, 5.74) is 1.41. The molecule has 21 heavy (non-hydrogen) atoms. The van der Waals surface area contributed by atoms with Gasteiger partial charge in [0.15, 0.2) is 0 Å². The largest absolute Gasteiger partial charge is 0.493 e. The van der Waals surface area contributed by atoms with Crippen LogP contribution in [0.2, 0.25) is 0 Å². The van der Waals surface area contributed by atoms with Crippen molar-refractivity contribution in [2.75, 3.05) is 32.8 Å². The Bertz CT molecular complexity index is 480. The van der Waals surface area contributed by atoms with Crippen LogP contribution in [0.1, 0.15) is 37.2 Å². The van der Waals surface area contributed by atoms with E-state index in [2.05, 4.69) is 34.5 Å². The lowest BCUT2D eigenvalue weighted by atomic mass is 10.0. The number of ether oxygens (including phenoxy) is 1. The lowest BCUT2D eigenvalue weighted by molar-refractivity contribution is 0.210.